The molecule has 0 bridgehead atoms. The van der Waals surface area contributed by atoms with Gasteiger partial charge in [-0.3, -0.25) is 14.4 Å². The molecule has 0 unspecified atom stereocenters. The van der Waals surface area contributed by atoms with Gasteiger partial charge in [-0.05, 0) is 18.2 Å². The molecule has 2 aromatic carbocycles. The number of halogens is 1. The van der Waals surface area contributed by atoms with Crippen molar-refractivity contribution in [3.8, 4) is 5.69 Å². The molecule has 0 atom stereocenters. The first-order valence-electron chi connectivity index (χ1n) is 9.42. The molecule has 0 amide bonds. The summed E-state index contributed by atoms with van der Waals surface area (Å²) in [4.78, 5) is 10.8. The molecule has 0 radical (unpaired) electrons. The third-order valence-corrected chi connectivity index (χ3v) is 5.25. The fourth-order valence-electron chi connectivity index (χ4n) is 3.35. The Hall–Kier alpha value is -2.35. The van der Waals surface area contributed by atoms with Crippen LogP contribution in [-0.4, -0.2) is 38.6 Å². The molecule has 0 N–H and O–H groups in total. The highest BCUT2D eigenvalue weighted by Crippen LogP contribution is 2.28. The summed E-state index contributed by atoms with van der Waals surface area (Å²) in [6.07, 6.45) is 0. The summed E-state index contributed by atoms with van der Waals surface area (Å²) in [5.41, 5.74) is 4.11. The molecular formula is C21H22BrN5O. The van der Waals surface area contributed by atoms with Crippen LogP contribution in [-0.2, 0) is 18.0 Å². The Labute approximate surface area is 173 Å². The number of aliphatic imine (C=N–C) groups is 1. The molecule has 28 heavy (non-hydrogen) atoms. The molecule has 1 aliphatic heterocycles. The Bertz CT molecular complexity index is 995. The van der Waals surface area contributed by atoms with Gasteiger partial charge in [0.05, 0.1) is 11.4 Å². The van der Waals surface area contributed by atoms with Crippen molar-refractivity contribution >= 4 is 21.6 Å². The Morgan fingerprint density at radius 1 is 1.07 bits per heavy atom. The van der Waals surface area contributed by atoms with Crippen LogP contribution in [0.5, 0.6) is 0 Å². The number of fused-ring (bicyclic) bond motifs is 3. The van der Waals surface area contributed by atoms with Crippen molar-refractivity contribution in [3.05, 3.63) is 75.8 Å². The zero-order valence-electron chi connectivity index (χ0n) is 16.0. The minimum Gasteiger partial charge on any atom is -0.291 e. The van der Waals surface area contributed by atoms with Gasteiger partial charge in [0.1, 0.15) is 13.2 Å². The van der Waals surface area contributed by atoms with E-state index in [2.05, 4.69) is 68.8 Å². The second-order valence-corrected chi connectivity index (χ2v) is 7.36. The number of hydrogen-bond acceptors (Lipinski definition) is 5. The van der Waals surface area contributed by atoms with E-state index in [1.54, 1.807) is 0 Å². The first-order valence-corrected chi connectivity index (χ1v) is 10.2. The normalized spacial score (nSPS) is 13.1. The van der Waals surface area contributed by atoms with Gasteiger partial charge in [-0.25, -0.2) is 0 Å². The topological polar surface area (TPSA) is 55.5 Å². The van der Waals surface area contributed by atoms with E-state index in [-0.39, 0.29) is 0 Å². The Morgan fingerprint density at radius 3 is 2.61 bits per heavy atom. The molecule has 3 aromatic rings. The van der Waals surface area contributed by atoms with E-state index >= 15 is 0 Å². The van der Waals surface area contributed by atoms with E-state index in [1.807, 2.05) is 29.3 Å². The number of rotatable bonds is 6. The number of aromatic nitrogens is 3. The molecule has 1 aliphatic rings. The van der Waals surface area contributed by atoms with Gasteiger partial charge in [0, 0.05) is 28.7 Å². The van der Waals surface area contributed by atoms with E-state index < -0.39 is 0 Å². The molecule has 2 heterocycles. The maximum absolute atomic E-state index is 5.91. The highest BCUT2D eigenvalue weighted by Gasteiger charge is 2.23. The van der Waals surface area contributed by atoms with Crippen LogP contribution in [0, 0.1) is 0 Å². The van der Waals surface area contributed by atoms with Gasteiger partial charge in [-0.2, -0.15) is 5.06 Å². The smallest absolute Gasteiger partial charge is 0.165 e. The summed E-state index contributed by atoms with van der Waals surface area (Å²) in [6, 6.07) is 16.5. The molecule has 4 rings (SSSR count). The standard InChI is InChI=1S/C21H22BrN5O/c1-3-26(4-2)28-14-20-25-24-19-13-23-21(15-8-6-5-7-9-15)17-11-10-16(22)12-18(17)27(19)20/h5-12H,3-4,13-14H2,1-2H3. The first-order chi connectivity index (χ1) is 13.7. The van der Waals surface area contributed by atoms with Crippen LogP contribution < -0.4 is 0 Å². The maximum Gasteiger partial charge on any atom is 0.165 e. The average molecular weight is 440 g/mol. The lowest BCUT2D eigenvalue weighted by molar-refractivity contribution is -0.165. The van der Waals surface area contributed by atoms with Crippen LogP contribution in [0.25, 0.3) is 5.69 Å². The number of nitrogens with zero attached hydrogens (tertiary/aromatic N) is 5. The third-order valence-electron chi connectivity index (χ3n) is 4.76. The summed E-state index contributed by atoms with van der Waals surface area (Å²) < 4.78 is 3.07. The van der Waals surface area contributed by atoms with Crippen molar-refractivity contribution in [3.63, 3.8) is 0 Å². The third kappa shape index (κ3) is 3.65. The highest BCUT2D eigenvalue weighted by atomic mass is 79.9. The lowest BCUT2D eigenvalue weighted by atomic mass is 10.0. The van der Waals surface area contributed by atoms with Gasteiger partial charge < -0.3 is 0 Å². The minimum absolute atomic E-state index is 0.362. The summed E-state index contributed by atoms with van der Waals surface area (Å²) in [5.74, 6) is 1.58. The van der Waals surface area contributed by atoms with Crippen LogP contribution >= 0.6 is 15.9 Å². The van der Waals surface area contributed by atoms with Crippen molar-refractivity contribution in [1.82, 2.24) is 19.8 Å². The zero-order valence-corrected chi connectivity index (χ0v) is 17.6. The van der Waals surface area contributed by atoms with E-state index in [0.29, 0.717) is 13.2 Å². The van der Waals surface area contributed by atoms with E-state index in [9.17, 15) is 0 Å². The average Bonchev–Trinajstić information content (AvgIpc) is 3.06. The van der Waals surface area contributed by atoms with E-state index in [4.69, 9.17) is 9.83 Å². The van der Waals surface area contributed by atoms with Crippen LogP contribution in [0.3, 0.4) is 0 Å². The van der Waals surface area contributed by atoms with Crippen molar-refractivity contribution in [1.29, 1.82) is 0 Å². The highest BCUT2D eigenvalue weighted by molar-refractivity contribution is 9.10. The van der Waals surface area contributed by atoms with Crippen LogP contribution in [0.2, 0.25) is 0 Å². The fourth-order valence-corrected chi connectivity index (χ4v) is 3.70. The van der Waals surface area contributed by atoms with E-state index in [1.165, 1.54) is 0 Å². The van der Waals surface area contributed by atoms with Gasteiger partial charge >= 0.3 is 0 Å². The first kappa shape index (κ1) is 19.0. The zero-order chi connectivity index (χ0) is 19.5. The van der Waals surface area contributed by atoms with Crippen LogP contribution in [0.4, 0.5) is 0 Å². The number of benzene rings is 2. The Morgan fingerprint density at radius 2 is 1.86 bits per heavy atom. The Balaban J connectivity index is 1.79. The molecule has 1 aromatic heterocycles. The van der Waals surface area contributed by atoms with Crippen molar-refractivity contribution in [2.75, 3.05) is 13.1 Å². The van der Waals surface area contributed by atoms with Crippen LogP contribution in [0.15, 0.2) is 58.0 Å². The molecule has 0 saturated carbocycles. The second kappa shape index (κ2) is 8.34. The lowest BCUT2D eigenvalue weighted by Crippen LogP contribution is -2.24. The molecule has 0 fully saturated rings. The van der Waals surface area contributed by atoms with Gasteiger partial charge in [-0.1, -0.05) is 60.1 Å². The quantitative estimate of drug-likeness (QED) is 0.541. The molecular weight excluding hydrogens is 418 g/mol. The maximum atomic E-state index is 5.91. The van der Waals surface area contributed by atoms with Crippen molar-refractivity contribution < 1.29 is 4.84 Å². The molecule has 7 heteroatoms. The summed E-state index contributed by atoms with van der Waals surface area (Å²) in [5, 5.41) is 10.7. The van der Waals surface area contributed by atoms with Crippen molar-refractivity contribution in [2.45, 2.75) is 27.0 Å². The van der Waals surface area contributed by atoms with Gasteiger partial charge in [0.2, 0.25) is 0 Å². The number of hydroxylamine groups is 2. The molecule has 6 nitrogen and oxygen atoms in total. The van der Waals surface area contributed by atoms with Gasteiger partial charge in [-0.15, -0.1) is 10.2 Å². The van der Waals surface area contributed by atoms with E-state index in [0.717, 1.165) is 51.7 Å². The van der Waals surface area contributed by atoms with Crippen LogP contribution in [0.1, 0.15) is 36.6 Å². The second-order valence-electron chi connectivity index (χ2n) is 6.45. The summed E-state index contributed by atoms with van der Waals surface area (Å²) in [7, 11) is 0. The summed E-state index contributed by atoms with van der Waals surface area (Å²) >= 11 is 3.61. The molecule has 0 saturated heterocycles. The predicted molar refractivity (Wildman–Crippen MR) is 113 cm³/mol. The lowest BCUT2D eigenvalue weighted by Gasteiger charge is -2.18. The minimum atomic E-state index is 0.362. The number of hydrogen-bond donors (Lipinski definition) is 0. The molecule has 144 valence electrons. The molecule has 0 spiro atoms. The SMILES string of the molecule is CCN(CC)OCc1nnc2n1-c1cc(Br)ccc1C(c1ccccc1)=NC2. The predicted octanol–water partition coefficient (Wildman–Crippen LogP) is 4.15. The fraction of sp³-hybridized carbons (Fsp3) is 0.286. The van der Waals surface area contributed by atoms with Gasteiger partial charge in [0.25, 0.3) is 0 Å². The monoisotopic (exact) mass is 439 g/mol. The summed E-state index contributed by atoms with van der Waals surface area (Å²) in [6.45, 7) is 6.61. The molecule has 0 aliphatic carbocycles. The largest absolute Gasteiger partial charge is 0.291 e. The van der Waals surface area contributed by atoms with Crippen molar-refractivity contribution in [2.24, 2.45) is 4.99 Å². The van der Waals surface area contributed by atoms with Gasteiger partial charge in [0.15, 0.2) is 11.6 Å². The Kier molecular flexibility index (Phi) is 5.66.